The van der Waals surface area contributed by atoms with Crippen molar-refractivity contribution in [2.45, 2.75) is 33.2 Å². The number of hydrogen-bond donors (Lipinski definition) is 2. The fraction of sp³-hybridized carbons (Fsp3) is 0.588. The van der Waals surface area contributed by atoms with Crippen LogP contribution in [-0.2, 0) is 0 Å². The lowest BCUT2D eigenvalue weighted by atomic mass is 10.1. The number of carbonyl (C=O) groups excluding carboxylic acids is 1. The second-order valence-corrected chi connectivity index (χ2v) is 6.10. The van der Waals surface area contributed by atoms with Gasteiger partial charge >= 0.3 is 0 Å². The standard InChI is InChI=1S/C17H27N3O/c1-4-20-10-9-14(12-20)11-18-17(21)15-7-5-6-8-16(15)19-13(2)3/h5-8,13-14,19H,4,9-12H2,1-3H3,(H,18,21). The van der Waals surface area contributed by atoms with Crippen molar-refractivity contribution < 1.29 is 4.79 Å². The van der Waals surface area contributed by atoms with Crippen molar-refractivity contribution in [3.63, 3.8) is 0 Å². The van der Waals surface area contributed by atoms with Crippen molar-refractivity contribution in [2.24, 2.45) is 5.92 Å². The van der Waals surface area contributed by atoms with Gasteiger partial charge in [-0.15, -0.1) is 0 Å². The number of anilines is 1. The molecular formula is C17H27N3O. The highest BCUT2D eigenvalue weighted by Gasteiger charge is 2.22. The molecule has 1 aromatic rings. The van der Waals surface area contributed by atoms with Gasteiger partial charge in [0.15, 0.2) is 0 Å². The molecule has 1 aliphatic rings. The van der Waals surface area contributed by atoms with Crippen LogP contribution in [0, 0.1) is 5.92 Å². The first-order valence-electron chi connectivity index (χ1n) is 7.96. The molecule has 1 saturated heterocycles. The van der Waals surface area contributed by atoms with Crippen molar-refractivity contribution >= 4 is 11.6 Å². The molecule has 0 bridgehead atoms. The van der Waals surface area contributed by atoms with Gasteiger partial charge in [-0.05, 0) is 51.4 Å². The van der Waals surface area contributed by atoms with Gasteiger partial charge < -0.3 is 15.5 Å². The van der Waals surface area contributed by atoms with Crippen LogP contribution in [0.3, 0.4) is 0 Å². The number of nitrogens with zero attached hydrogens (tertiary/aromatic N) is 1. The average Bonchev–Trinajstić information content (AvgIpc) is 2.93. The molecule has 0 aromatic heterocycles. The molecular weight excluding hydrogens is 262 g/mol. The van der Waals surface area contributed by atoms with Crippen LogP contribution < -0.4 is 10.6 Å². The summed E-state index contributed by atoms with van der Waals surface area (Å²) in [7, 11) is 0. The Bertz CT molecular complexity index is 473. The van der Waals surface area contributed by atoms with Gasteiger partial charge in [-0.2, -0.15) is 0 Å². The zero-order valence-electron chi connectivity index (χ0n) is 13.4. The van der Waals surface area contributed by atoms with E-state index in [1.54, 1.807) is 0 Å². The maximum Gasteiger partial charge on any atom is 0.253 e. The number of amides is 1. The first-order chi connectivity index (χ1) is 10.1. The Morgan fingerprint density at radius 3 is 2.81 bits per heavy atom. The van der Waals surface area contributed by atoms with Crippen molar-refractivity contribution in [1.82, 2.24) is 10.2 Å². The minimum atomic E-state index is 0.0219. The molecule has 1 fully saturated rings. The molecule has 4 nitrogen and oxygen atoms in total. The van der Waals surface area contributed by atoms with E-state index in [0.717, 1.165) is 37.4 Å². The summed E-state index contributed by atoms with van der Waals surface area (Å²) in [6.45, 7) is 10.5. The third-order valence-electron chi connectivity index (χ3n) is 3.98. The Morgan fingerprint density at radius 2 is 2.14 bits per heavy atom. The molecule has 2 N–H and O–H groups in total. The lowest BCUT2D eigenvalue weighted by Gasteiger charge is -2.16. The quantitative estimate of drug-likeness (QED) is 0.846. The van der Waals surface area contributed by atoms with E-state index < -0.39 is 0 Å². The van der Waals surface area contributed by atoms with Gasteiger partial charge in [0.2, 0.25) is 0 Å². The summed E-state index contributed by atoms with van der Waals surface area (Å²) in [5, 5.41) is 6.42. The van der Waals surface area contributed by atoms with Gasteiger partial charge in [0, 0.05) is 24.8 Å². The van der Waals surface area contributed by atoms with E-state index in [-0.39, 0.29) is 5.91 Å². The summed E-state index contributed by atoms with van der Waals surface area (Å²) < 4.78 is 0. The summed E-state index contributed by atoms with van der Waals surface area (Å²) in [6, 6.07) is 8.02. The first kappa shape index (κ1) is 15.8. The molecule has 0 saturated carbocycles. The fourth-order valence-corrected chi connectivity index (χ4v) is 2.82. The second-order valence-electron chi connectivity index (χ2n) is 6.10. The largest absolute Gasteiger partial charge is 0.382 e. The monoisotopic (exact) mass is 289 g/mol. The number of hydrogen-bond acceptors (Lipinski definition) is 3. The molecule has 1 aromatic carbocycles. The molecule has 1 unspecified atom stereocenters. The average molecular weight is 289 g/mol. The highest BCUT2D eigenvalue weighted by Crippen LogP contribution is 2.17. The number of likely N-dealkylation sites (tertiary alicyclic amines) is 1. The summed E-state index contributed by atoms with van der Waals surface area (Å²) in [5.41, 5.74) is 1.64. The Balaban J connectivity index is 1.91. The lowest BCUT2D eigenvalue weighted by molar-refractivity contribution is 0.0948. The minimum Gasteiger partial charge on any atom is -0.382 e. The minimum absolute atomic E-state index is 0.0219. The summed E-state index contributed by atoms with van der Waals surface area (Å²) in [4.78, 5) is 14.8. The first-order valence-corrected chi connectivity index (χ1v) is 7.96. The SMILES string of the molecule is CCN1CCC(CNC(=O)c2ccccc2NC(C)C)C1. The smallest absolute Gasteiger partial charge is 0.253 e. The Morgan fingerprint density at radius 1 is 1.38 bits per heavy atom. The molecule has 116 valence electrons. The van der Waals surface area contributed by atoms with E-state index in [1.807, 2.05) is 24.3 Å². The molecule has 1 aliphatic heterocycles. The van der Waals surface area contributed by atoms with E-state index in [4.69, 9.17) is 0 Å². The van der Waals surface area contributed by atoms with Gasteiger partial charge in [0.1, 0.15) is 0 Å². The second kappa shape index (κ2) is 7.46. The maximum absolute atomic E-state index is 12.4. The Kier molecular flexibility index (Phi) is 5.62. The molecule has 4 heteroatoms. The summed E-state index contributed by atoms with van der Waals surface area (Å²) in [6.07, 6.45) is 1.18. The van der Waals surface area contributed by atoms with Crippen molar-refractivity contribution in [3.05, 3.63) is 29.8 Å². The van der Waals surface area contributed by atoms with E-state index >= 15 is 0 Å². The van der Waals surface area contributed by atoms with Crippen LogP contribution in [0.5, 0.6) is 0 Å². The van der Waals surface area contributed by atoms with Crippen LogP contribution in [0.1, 0.15) is 37.6 Å². The highest BCUT2D eigenvalue weighted by molar-refractivity contribution is 5.99. The zero-order valence-corrected chi connectivity index (χ0v) is 13.4. The van der Waals surface area contributed by atoms with Crippen LogP contribution >= 0.6 is 0 Å². The molecule has 0 spiro atoms. The molecule has 0 aliphatic carbocycles. The van der Waals surface area contributed by atoms with Crippen LogP contribution in [0.25, 0.3) is 0 Å². The Hall–Kier alpha value is -1.55. The molecule has 1 amide bonds. The number of rotatable bonds is 6. The number of nitrogens with one attached hydrogen (secondary N) is 2. The van der Waals surface area contributed by atoms with E-state index in [0.29, 0.717) is 12.0 Å². The predicted octanol–water partition coefficient (Wildman–Crippen LogP) is 2.58. The van der Waals surface area contributed by atoms with Crippen LogP contribution in [0.15, 0.2) is 24.3 Å². The number of benzene rings is 1. The fourth-order valence-electron chi connectivity index (χ4n) is 2.82. The van der Waals surface area contributed by atoms with Gasteiger partial charge in [-0.1, -0.05) is 19.1 Å². The molecule has 2 rings (SSSR count). The maximum atomic E-state index is 12.4. The molecule has 1 heterocycles. The van der Waals surface area contributed by atoms with E-state index in [9.17, 15) is 4.79 Å². The Labute approximate surface area is 127 Å². The third kappa shape index (κ3) is 4.46. The molecule has 21 heavy (non-hydrogen) atoms. The summed E-state index contributed by atoms with van der Waals surface area (Å²) in [5.74, 6) is 0.604. The van der Waals surface area contributed by atoms with Crippen LogP contribution in [0.4, 0.5) is 5.69 Å². The number of carbonyl (C=O) groups is 1. The van der Waals surface area contributed by atoms with E-state index in [2.05, 4.69) is 36.3 Å². The predicted molar refractivity (Wildman–Crippen MR) is 87.8 cm³/mol. The molecule has 0 radical (unpaired) electrons. The van der Waals surface area contributed by atoms with Gasteiger partial charge in [-0.25, -0.2) is 0 Å². The zero-order chi connectivity index (χ0) is 15.2. The van der Waals surface area contributed by atoms with Crippen molar-refractivity contribution in [1.29, 1.82) is 0 Å². The number of para-hydroxylation sites is 1. The van der Waals surface area contributed by atoms with Crippen molar-refractivity contribution in [2.75, 3.05) is 31.5 Å². The summed E-state index contributed by atoms with van der Waals surface area (Å²) >= 11 is 0. The lowest BCUT2D eigenvalue weighted by Crippen LogP contribution is -2.31. The molecule has 1 atom stereocenters. The van der Waals surface area contributed by atoms with Gasteiger partial charge in [0.25, 0.3) is 5.91 Å². The third-order valence-corrected chi connectivity index (χ3v) is 3.98. The van der Waals surface area contributed by atoms with Gasteiger partial charge in [-0.3, -0.25) is 4.79 Å². The highest BCUT2D eigenvalue weighted by atomic mass is 16.1. The van der Waals surface area contributed by atoms with Crippen LogP contribution in [0.2, 0.25) is 0 Å². The van der Waals surface area contributed by atoms with Crippen molar-refractivity contribution in [3.8, 4) is 0 Å². The van der Waals surface area contributed by atoms with Crippen LogP contribution in [-0.4, -0.2) is 43.0 Å². The van der Waals surface area contributed by atoms with Gasteiger partial charge in [0.05, 0.1) is 5.56 Å². The normalized spacial score (nSPS) is 19.0. The topological polar surface area (TPSA) is 44.4 Å². The van der Waals surface area contributed by atoms with E-state index in [1.165, 1.54) is 6.42 Å².